The molecule has 0 unspecified atom stereocenters. The highest BCUT2D eigenvalue weighted by molar-refractivity contribution is 5.52. The van der Waals surface area contributed by atoms with E-state index in [0.29, 0.717) is 11.4 Å². The molecule has 2 N–H and O–H groups in total. The average molecular weight is 259 g/mol. The van der Waals surface area contributed by atoms with Crippen molar-refractivity contribution < 1.29 is 9.66 Å². The van der Waals surface area contributed by atoms with E-state index in [4.69, 9.17) is 10.5 Å². The van der Waals surface area contributed by atoms with E-state index < -0.39 is 4.92 Å². The molecule has 0 bridgehead atoms. The lowest BCUT2D eigenvalue weighted by molar-refractivity contribution is -0.384. The summed E-state index contributed by atoms with van der Waals surface area (Å²) in [6, 6.07) is 6.14. The summed E-state index contributed by atoms with van der Waals surface area (Å²) in [5, 5.41) is 10.7. The number of nitro benzene ring substituents is 1. The lowest BCUT2D eigenvalue weighted by Crippen LogP contribution is -1.97. The molecular formula is C13H13N3O3. The minimum Gasteiger partial charge on any atom is -0.437 e. The summed E-state index contributed by atoms with van der Waals surface area (Å²) in [5.74, 6) is 0.617. The number of benzene rings is 1. The van der Waals surface area contributed by atoms with Gasteiger partial charge in [-0.15, -0.1) is 0 Å². The molecule has 6 nitrogen and oxygen atoms in total. The van der Waals surface area contributed by atoms with Crippen molar-refractivity contribution in [2.24, 2.45) is 0 Å². The van der Waals surface area contributed by atoms with Crippen LogP contribution in [-0.2, 0) is 0 Å². The Hall–Kier alpha value is -2.63. The standard InChI is InChI=1S/C13H13N3O3/c1-8-5-11(14)13(15-7-8)19-12-6-10(16(17)18)4-3-9(12)2/h3-7H,14H2,1-2H3. The van der Waals surface area contributed by atoms with Gasteiger partial charge in [-0.2, -0.15) is 0 Å². The first kappa shape index (κ1) is 12.8. The normalized spacial score (nSPS) is 10.2. The van der Waals surface area contributed by atoms with Crippen LogP contribution < -0.4 is 10.5 Å². The van der Waals surface area contributed by atoms with E-state index in [1.165, 1.54) is 12.1 Å². The zero-order valence-corrected chi connectivity index (χ0v) is 10.6. The van der Waals surface area contributed by atoms with Crippen molar-refractivity contribution in [1.82, 2.24) is 4.98 Å². The Bertz CT molecular complexity index is 641. The molecule has 98 valence electrons. The Morgan fingerprint density at radius 3 is 2.68 bits per heavy atom. The Morgan fingerprint density at radius 2 is 2.05 bits per heavy atom. The van der Waals surface area contributed by atoms with Gasteiger partial charge in [0.15, 0.2) is 0 Å². The monoisotopic (exact) mass is 259 g/mol. The van der Waals surface area contributed by atoms with Crippen LogP contribution in [0.1, 0.15) is 11.1 Å². The fourth-order valence-corrected chi connectivity index (χ4v) is 1.58. The van der Waals surface area contributed by atoms with Crippen LogP contribution in [0.2, 0.25) is 0 Å². The summed E-state index contributed by atoms with van der Waals surface area (Å²) < 4.78 is 5.55. The number of anilines is 1. The van der Waals surface area contributed by atoms with Crippen LogP contribution in [0, 0.1) is 24.0 Å². The molecule has 19 heavy (non-hydrogen) atoms. The van der Waals surface area contributed by atoms with Gasteiger partial charge < -0.3 is 10.5 Å². The third kappa shape index (κ3) is 2.79. The van der Waals surface area contributed by atoms with Gasteiger partial charge in [0.05, 0.1) is 16.7 Å². The van der Waals surface area contributed by atoms with E-state index in [1.807, 2.05) is 6.92 Å². The summed E-state index contributed by atoms with van der Waals surface area (Å²) in [7, 11) is 0. The number of non-ortho nitro benzene ring substituents is 1. The van der Waals surface area contributed by atoms with Crippen LogP contribution >= 0.6 is 0 Å². The van der Waals surface area contributed by atoms with E-state index in [0.717, 1.165) is 11.1 Å². The molecule has 0 fully saturated rings. The maximum Gasteiger partial charge on any atom is 0.273 e. The number of hydrogen-bond acceptors (Lipinski definition) is 5. The Morgan fingerprint density at radius 1 is 1.32 bits per heavy atom. The zero-order valence-electron chi connectivity index (χ0n) is 10.6. The highest BCUT2D eigenvalue weighted by Gasteiger charge is 2.12. The predicted octanol–water partition coefficient (Wildman–Crippen LogP) is 2.98. The molecule has 6 heteroatoms. The number of hydrogen-bond donors (Lipinski definition) is 1. The molecule has 1 heterocycles. The lowest BCUT2D eigenvalue weighted by atomic mass is 10.2. The molecule has 2 aromatic rings. The van der Waals surface area contributed by atoms with Gasteiger partial charge in [-0.25, -0.2) is 4.98 Å². The number of nitrogen functional groups attached to an aromatic ring is 1. The molecule has 0 atom stereocenters. The summed E-state index contributed by atoms with van der Waals surface area (Å²) in [6.45, 7) is 3.66. The minimum atomic E-state index is -0.474. The first-order valence-electron chi connectivity index (χ1n) is 5.62. The first-order chi connectivity index (χ1) is 8.97. The SMILES string of the molecule is Cc1cnc(Oc2cc([N+](=O)[O-])ccc2C)c(N)c1. The maximum atomic E-state index is 10.7. The van der Waals surface area contributed by atoms with E-state index >= 15 is 0 Å². The molecule has 1 aromatic carbocycles. The van der Waals surface area contributed by atoms with Crippen molar-refractivity contribution in [3.63, 3.8) is 0 Å². The fourth-order valence-electron chi connectivity index (χ4n) is 1.58. The highest BCUT2D eigenvalue weighted by atomic mass is 16.6. The van der Waals surface area contributed by atoms with Gasteiger partial charge in [-0.1, -0.05) is 0 Å². The van der Waals surface area contributed by atoms with Gasteiger partial charge in [0.25, 0.3) is 5.69 Å². The largest absolute Gasteiger partial charge is 0.437 e. The number of aromatic nitrogens is 1. The molecule has 0 spiro atoms. The summed E-state index contributed by atoms with van der Waals surface area (Å²) in [4.78, 5) is 14.3. The van der Waals surface area contributed by atoms with Crippen LogP contribution in [0.25, 0.3) is 0 Å². The van der Waals surface area contributed by atoms with Crippen LogP contribution in [-0.4, -0.2) is 9.91 Å². The van der Waals surface area contributed by atoms with Crippen LogP contribution in [0.5, 0.6) is 11.6 Å². The molecule has 0 radical (unpaired) electrons. The van der Waals surface area contributed by atoms with Crippen LogP contribution in [0.15, 0.2) is 30.5 Å². The third-order valence-corrected chi connectivity index (χ3v) is 2.60. The number of nitrogens with two attached hydrogens (primary N) is 1. The van der Waals surface area contributed by atoms with Crippen molar-refractivity contribution in [3.8, 4) is 11.6 Å². The molecule has 0 aliphatic heterocycles. The third-order valence-electron chi connectivity index (χ3n) is 2.60. The van der Waals surface area contributed by atoms with Crippen LogP contribution in [0.4, 0.5) is 11.4 Å². The Balaban J connectivity index is 2.37. The molecule has 0 aliphatic rings. The minimum absolute atomic E-state index is 0.0358. The van der Waals surface area contributed by atoms with E-state index in [9.17, 15) is 10.1 Å². The van der Waals surface area contributed by atoms with Crippen molar-refractivity contribution >= 4 is 11.4 Å². The lowest BCUT2D eigenvalue weighted by Gasteiger charge is -2.09. The van der Waals surface area contributed by atoms with Crippen molar-refractivity contribution in [3.05, 3.63) is 51.7 Å². The maximum absolute atomic E-state index is 10.7. The summed E-state index contributed by atoms with van der Waals surface area (Å²) in [6.07, 6.45) is 1.62. The summed E-state index contributed by atoms with van der Waals surface area (Å²) in [5.41, 5.74) is 7.84. The second-order valence-corrected chi connectivity index (χ2v) is 4.22. The van der Waals surface area contributed by atoms with Gasteiger partial charge in [0.1, 0.15) is 5.75 Å². The molecule has 0 saturated heterocycles. The topological polar surface area (TPSA) is 91.3 Å². The second-order valence-electron chi connectivity index (χ2n) is 4.22. The number of pyridine rings is 1. The molecular weight excluding hydrogens is 246 g/mol. The molecule has 2 rings (SSSR count). The zero-order chi connectivity index (χ0) is 14.0. The number of nitrogens with zero attached hydrogens (tertiary/aromatic N) is 2. The van der Waals surface area contributed by atoms with Crippen molar-refractivity contribution in [1.29, 1.82) is 0 Å². The molecule has 0 aliphatic carbocycles. The summed E-state index contributed by atoms with van der Waals surface area (Å²) >= 11 is 0. The van der Waals surface area contributed by atoms with Gasteiger partial charge in [0, 0.05) is 12.3 Å². The molecule has 0 saturated carbocycles. The smallest absolute Gasteiger partial charge is 0.273 e. The predicted molar refractivity (Wildman–Crippen MR) is 71.3 cm³/mol. The number of rotatable bonds is 3. The van der Waals surface area contributed by atoms with E-state index in [-0.39, 0.29) is 11.6 Å². The fraction of sp³-hybridized carbons (Fsp3) is 0.154. The number of nitro groups is 1. The van der Waals surface area contributed by atoms with E-state index in [2.05, 4.69) is 4.98 Å². The van der Waals surface area contributed by atoms with Gasteiger partial charge in [-0.3, -0.25) is 10.1 Å². The average Bonchev–Trinajstić information content (AvgIpc) is 2.34. The van der Waals surface area contributed by atoms with Gasteiger partial charge >= 0.3 is 0 Å². The van der Waals surface area contributed by atoms with Crippen molar-refractivity contribution in [2.45, 2.75) is 13.8 Å². The molecule has 0 amide bonds. The van der Waals surface area contributed by atoms with Crippen LogP contribution in [0.3, 0.4) is 0 Å². The first-order valence-corrected chi connectivity index (χ1v) is 5.62. The molecule has 1 aromatic heterocycles. The van der Waals surface area contributed by atoms with Gasteiger partial charge in [0.2, 0.25) is 5.88 Å². The second kappa shape index (κ2) is 4.93. The quantitative estimate of drug-likeness (QED) is 0.675. The number of ether oxygens (including phenoxy) is 1. The van der Waals surface area contributed by atoms with E-state index in [1.54, 1.807) is 25.3 Å². The number of aryl methyl sites for hydroxylation is 2. The Labute approximate surface area is 110 Å². The van der Waals surface area contributed by atoms with Crippen molar-refractivity contribution in [2.75, 3.05) is 5.73 Å². The van der Waals surface area contributed by atoms with Gasteiger partial charge in [-0.05, 0) is 37.1 Å². The Kier molecular flexibility index (Phi) is 3.33. The highest BCUT2D eigenvalue weighted by Crippen LogP contribution is 2.30.